The van der Waals surface area contributed by atoms with E-state index in [9.17, 15) is 9.59 Å². The summed E-state index contributed by atoms with van der Waals surface area (Å²) in [5.41, 5.74) is 3.78. The summed E-state index contributed by atoms with van der Waals surface area (Å²) < 4.78 is 17.1. The second kappa shape index (κ2) is 8.26. The van der Waals surface area contributed by atoms with Crippen molar-refractivity contribution >= 4 is 28.3 Å². The molecule has 1 aromatic heterocycles. The molecule has 3 aromatic rings. The van der Waals surface area contributed by atoms with E-state index >= 15 is 0 Å². The highest BCUT2D eigenvalue weighted by molar-refractivity contribution is 7.14. The predicted octanol–water partition coefficient (Wildman–Crippen LogP) is 4.96. The molecular weight excluding hydrogens is 464 g/mol. The molecule has 1 saturated heterocycles. The number of hydrogen-bond donors (Lipinski definition) is 1. The molecule has 8 heteroatoms. The minimum Gasteiger partial charge on any atom is -0.465 e. The molecule has 180 valence electrons. The summed E-state index contributed by atoms with van der Waals surface area (Å²) in [4.78, 5) is 30.3. The topological polar surface area (TPSA) is 86.8 Å². The van der Waals surface area contributed by atoms with E-state index in [0.717, 1.165) is 5.56 Å². The first-order valence-electron chi connectivity index (χ1n) is 11.8. The van der Waals surface area contributed by atoms with Crippen LogP contribution in [0.4, 0.5) is 5.13 Å². The summed E-state index contributed by atoms with van der Waals surface area (Å²) in [5, 5.41) is 5.50. The molecule has 1 saturated carbocycles. The SMILES string of the molecule is COC(=O)c1cccc(-c2csc(NC(=O)C3(C)CC4c5ccccc5C3CC43OCCO3)n2)c1. The molecule has 7 rings (SSSR count). The zero-order valence-corrected chi connectivity index (χ0v) is 20.4. The Morgan fingerprint density at radius 1 is 1.06 bits per heavy atom. The Labute approximate surface area is 207 Å². The Kier molecular flexibility index (Phi) is 5.28. The van der Waals surface area contributed by atoms with Crippen LogP contribution in [0.1, 0.15) is 53.1 Å². The van der Waals surface area contributed by atoms with Crippen molar-refractivity contribution in [1.82, 2.24) is 4.98 Å². The molecule has 1 spiro atoms. The molecule has 35 heavy (non-hydrogen) atoms. The maximum absolute atomic E-state index is 13.7. The predicted molar refractivity (Wildman–Crippen MR) is 131 cm³/mol. The molecule has 1 amide bonds. The van der Waals surface area contributed by atoms with Gasteiger partial charge in [-0.05, 0) is 29.7 Å². The highest BCUT2D eigenvalue weighted by Crippen LogP contribution is 2.64. The van der Waals surface area contributed by atoms with Crippen molar-refractivity contribution in [3.63, 3.8) is 0 Å². The first kappa shape index (κ1) is 22.4. The number of carbonyl (C=O) groups excluding carboxylic acids is 2. The number of anilines is 1. The first-order chi connectivity index (χ1) is 16.9. The van der Waals surface area contributed by atoms with Crippen LogP contribution < -0.4 is 5.32 Å². The van der Waals surface area contributed by atoms with Gasteiger partial charge in [-0.2, -0.15) is 0 Å². The van der Waals surface area contributed by atoms with Crippen LogP contribution in [0.3, 0.4) is 0 Å². The fourth-order valence-corrected chi connectivity index (χ4v) is 6.70. The van der Waals surface area contributed by atoms with Crippen LogP contribution in [0.25, 0.3) is 11.3 Å². The number of fused-ring (bicyclic) bond motifs is 1. The number of rotatable bonds is 4. The molecule has 1 N–H and O–H groups in total. The standard InChI is InChI=1S/C27H26N2O5S/c1-26(13-21-19-9-4-3-8-18(19)20(26)14-27(21)33-10-11-34-27)24(31)29-25-28-22(15-35-25)16-6-5-7-17(12-16)23(30)32-2/h3-9,12,15,20-21H,10-11,13-14H2,1-2H3,(H,28,29,31). The van der Waals surface area contributed by atoms with E-state index in [0.29, 0.717) is 42.4 Å². The summed E-state index contributed by atoms with van der Waals surface area (Å²) in [6.45, 7) is 3.23. The Balaban J connectivity index is 1.26. The highest BCUT2D eigenvalue weighted by atomic mass is 32.1. The number of nitrogens with one attached hydrogen (secondary N) is 1. The summed E-state index contributed by atoms with van der Waals surface area (Å²) in [6, 6.07) is 15.5. The number of benzene rings is 2. The van der Waals surface area contributed by atoms with Crippen molar-refractivity contribution in [1.29, 1.82) is 0 Å². The van der Waals surface area contributed by atoms with Crippen molar-refractivity contribution in [2.75, 3.05) is 25.6 Å². The number of ether oxygens (including phenoxy) is 3. The van der Waals surface area contributed by atoms with E-state index in [-0.39, 0.29) is 17.7 Å². The summed E-state index contributed by atoms with van der Waals surface area (Å²) in [7, 11) is 1.36. The molecule has 2 aromatic carbocycles. The molecule has 3 unspecified atom stereocenters. The van der Waals surface area contributed by atoms with Crippen LogP contribution in [-0.4, -0.2) is 43.0 Å². The smallest absolute Gasteiger partial charge is 0.337 e. The minimum absolute atomic E-state index is 0.00914. The maximum atomic E-state index is 13.7. The van der Waals surface area contributed by atoms with E-state index in [1.165, 1.54) is 29.6 Å². The zero-order valence-electron chi connectivity index (χ0n) is 19.6. The first-order valence-corrected chi connectivity index (χ1v) is 12.6. The number of nitrogens with zero attached hydrogens (tertiary/aromatic N) is 1. The lowest BCUT2D eigenvalue weighted by Gasteiger charge is -2.56. The molecule has 7 nitrogen and oxygen atoms in total. The Morgan fingerprint density at radius 2 is 1.80 bits per heavy atom. The third-order valence-electron chi connectivity index (χ3n) is 7.76. The van der Waals surface area contributed by atoms with Gasteiger partial charge < -0.3 is 19.5 Å². The molecular formula is C27H26N2O5S. The van der Waals surface area contributed by atoms with Crippen LogP contribution in [0.5, 0.6) is 0 Å². The highest BCUT2D eigenvalue weighted by Gasteiger charge is 2.63. The number of methoxy groups -OCH3 is 1. The van der Waals surface area contributed by atoms with Gasteiger partial charge >= 0.3 is 5.97 Å². The van der Waals surface area contributed by atoms with Gasteiger partial charge in [0.25, 0.3) is 0 Å². The molecule has 3 atom stereocenters. The van der Waals surface area contributed by atoms with Crippen LogP contribution in [0, 0.1) is 5.41 Å². The lowest BCUT2D eigenvalue weighted by atomic mass is 9.52. The van der Waals surface area contributed by atoms with E-state index in [1.807, 2.05) is 30.5 Å². The van der Waals surface area contributed by atoms with Gasteiger partial charge in [0.15, 0.2) is 10.9 Å². The third-order valence-corrected chi connectivity index (χ3v) is 8.52. The monoisotopic (exact) mass is 490 g/mol. The quantitative estimate of drug-likeness (QED) is 0.520. The van der Waals surface area contributed by atoms with Gasteiger partial charge in [0, 0.05) is 29.2 Å². The van der Waals surface area contributed by atoms with Crippen LogP contribution in [0.15, 0.2) is 53.9 Å². The van der Waals surface area contributed by atoms with Crippen molar-refractivity contribution < 1.29 is 23.8 Å². The normalized spacial score (nSPS) is 25.9. The second-order valence-corrected chi connectivity index (χ2v) is 10.5. The van der Waals surface area contributed by atoms with Crippen molar-refractivity contribution in [2.24, 2.45) is 5.41 Å². The average molecular weight is 491 g/mol. The summed E-state index contributed by atoms with van der Waals surface area (Å²) in [6.07, 6.45) is 1.32. The van der Waals surface area contributed by atoms with Gasteiger partial charge in [-0.1, -0.05) is 43.3 Å². The molecule has 2 heterocycles. The van der Waals surface area contributed by atoms with Gasteiger partial charge in [-0.15, -0.1) is 11.3 Å². The average Bonchev–Trinajstić information content (AvgIpc) is 3.55. The van der Waals surface area contributed by atoms with Crippen LogP contribution in [0.2, 0.25) is 0 Å². The fraction of sp³-hybridized carbons (Fsp3) is 0.370. The van der Waals surface area contributed by atoms with Gasteiger partial charge in [0.1, 0.15) is 0 Å². The van der Waals surface area contributed by atoms with Crippen molar-refractivity contribution in [3.8, 4) is 11.3 Å². The molecule has 1 aliphatic heterocycles. The largest absolute Gasteiger partial charge is 0.465 e. The third kappa shape index (κ3) is 3.51. The van der Waals surface area contributed by atoms with Crippen molar-refractivity contribution in [3.05, 3.63) is 70.6 Å². The number of aromatic nitrogens is 1. The zero-order chi connectivity index (χ0) is 24.2. The summed E-state index contributed by atoms with van der Waals surface area (Å²) in [5.74, 6) is -1.08. The lowest BCUT2D eigenvalue weighted by Crippen LogP contribution is -2.56. The maximum Gasteiger partial charge on any atom is 0.337 e. The van der Waals surface area contributed by atoms with Gasteiger partial charge in [-0.3, -0.25) is 4.79 Å². The van der Waals surface area contributed by atoms with Crippen molar-refractivity contribution in [2.45, 2.75) is 37.4 Å². The van der Waals surface area contributed by atoms with Crippen LogP contribution in [-0.2, 0) is 19.0 Å². The van der Waals surface area contributed by atoms with Gasteiger partial charge in [-0.25, -0.2) is 9.78 Å². The van der Waals surface area contributed by atoms with E-state index in [1.54, 1.807) is 18.2 Å². The van der Waals surface area contributed by atoms with Crippen LogP contribution >= 0.6 is 11.3 Å². The number of hydrogen-bond acceptors (Lipinski definition) is 7. The molecule has 2 fully saturated rings. The summed E-state index contributed by atoms with van der Waals surface area (Å²) >= 11 is 1.37. The number of carbonyl (C=O) groups is 2. The van der Waals surface area contributed by atoms with E-state index in [4.69, 9.17) is 14.2 Å². The van der Waals surface area contributed by atoms with Gasteiger partial charge in [0.2, 0.25) is 5.91 Å². The fourth-order valence-electron chi connectivity index (χ4n) is 5.99. The second-order valence-electron chi connectivity index (χ2n) is 9.63. The minimum atomic E-state index is -0.627. The Bertz CT molecular complexity index is 1310. The Hall–Kier alpha value is -3.07. The number of esters is 1. The number of amides is 1. The van der Waals surface area contributed by atoms with Gasteiger partial charge in [0.05, 0.1) is 37.0 Å². The molecule has 4 aliphatic rings. The lowest BCUT2D eigenvalue weighted by molar-refractivity contribution is -0.216. The molecule has 3 aliphatic carbocycles. The van der Waals surface area contributed by atoms with E-state index in [2.05, 4.69) is 22.4 Å². The molecule has 0 radical (unpaired) electrons. The Morgan fingerprint density at radius 3 is 2.54 bits per heavy atom. The van der Waals surface area contributed by atoms with E-state index < -0.39 is 17.2 Å². The number of thiazole rings is 1. The molecule has 2 bridgehead atoms.